The molecule has 1 fully saturated rings. The minimum Gasteiger partial charge on any atom is -0.508 e. The van der Waals surface area contributed by atoms with Crippen LogP contribution in [0.5, 0.6) is 5.75 Å². The van der Waals surface area contributed by atoms with Crippen LogP contribution < -0.4 is 11.5 Å². The Morgan fingerprint density at radius 2 is 1.92 bits per heavy atom. The van der Waals surface area contributed by atoms with Gasteiger partial charge in [-0.05, 0) is 42.4 Å². The van der Waals surface area contributed by atoms with Gasteiger partial charge in [0.05, 0.1) is 17.3 Å². The molecule has 1 amide bonds. The molecule has 1 aromatic heterocycles. The Hall–Kier alpha value is -3.96. The van der Waals surface area contributed by atoms with Crippen molar-refractivity contribution in [1.82, 2.24) is 4.98 Å². The topological polar surface area (TPSA) is 210 Å². The van der Waals surface area contributed by atoms with Crippen LogP contribution in [0.4, 0.5) is 0 Å². The summed E-state index contributed by atoms with van der Waals surface area (Å²) in [7, 11) is 0. The molecule has 3 aliphatic carbocycles. The highest BCUT2D eigenvalue weighted by Crippen LogP contribution is 2.52. The van der Waals surface area contributed by atoms with Crippen LogP contribution in [0.3, 0.4) is 0 Å². The number of benzene rings is 1. The third-order valence-electron chi connectivity index (χ3n) is 7.48. The van der Waals surface area contributed by atoms with Crippen LogP contribution in [0.1, 0.15) is 43.0 Å². The van der Waals surface area contributed by atoms with Crippen LogP contribution in [-0.2, 0) is 20.8 Å². The molecule has 188 valence electrons. The fourth-order valence-electron chi connectivity index (χ4n) is 5.59. The molecule has 1 saturated carbocycles. The Balaban J connectivity index is 1.70. The van der Waals surface area contributed by atoms with Gasteiger partial charge in [0.2, 0.25) is 11.7 Å². The standard InChI is InChI=1S/C25H25N3O8/c1-8(2)13-7-36-24(28-13)10-3-4-14(29)16-11(10)5-9-6-12-18(26)20(31)17(23(27)34)22(33)25(12,35)21(32)15(9)19(16)30/h3-4,7-9,12,18,29-30,33,35H,5-6,26H2,1-2H3,(H2,27,34)/t9-,12-,18+,25-/m0/s1. The first-order valence-electron chi connectivity index (χ1n) is 11.4. The number of hydrogen-bond acceptors (Lipinski definition) is 10. The van der Waals surface area contributed by atoms with E-state index in [0.717, 1.165) is 0 Å². The summed E-state index contributed by atoms with van der Waals surface area (Å²) in [6, 6.07) is 1.42. The highest BCUT2D eigenvalue weighted by atomic mass is 16.4. The van der Waals surface area contributed by atoms with Crippen molar-refractivity contribution in [3.63, 3.8) is 0 Å². The van der Waals surface area contributed by atoms with Crippen molar-refractivity contribution in [2.24, 2.45) is 23.3 Å². The molecule has 1 heterocycles. The number of rotatable bonds is 3. The average molecular weight is 495 g/mol. The van der Waals surface area contributed by atoms with Crippen molar-refractivity contribution < 1.29 is 39.2 Å². The zero-order valence-corrected chi connectivity index (χ0v) is 19.5. The Bertz CT molecular complexity index is 1420. The third-order valence-corrected chi connectivity index (χ3v) is 7.48. The van der Waals surface area contributed by atoms with E-state index >= 15 is 0 Å². The van der Waals surface area contributed by atoms with Gasteiger partial charge in [0.15, 0.2) is 11.4 Å². The SMILES string of the molecule is CC(C)c1coc(-c2ccc(O)c3c2C[C@H]2C[C@H]4[C@@H](N)C(=O)C(C(N)=O)=C(O)[C@@]4(O)C(=O)C2=C3O)n1. The van der Waals surface area contributed by atoms with Crippen molar-refractivity contribution >= 4 is 23.2 Å². The smallest absolute Gasteiger partial charge is 0.255 e. The number of nitrogens with two attached hydrogens (primary N) is 2. The first-order chi connectivity index (χ1) is 16.9. The minimum absolute atomic E-state index is 0.0341. The monoisotopic (exact) mass is 495 g/mol. The van der Waals surface area contributed by atoms with Gasteiger partial charge in [-0.3, -0.25) is 14.4 Å². The van der Waals surface area contributed by atoms with Crippen molar-refractivity contribution in [2.75, 3.05) is 0 Å². The molecule has 0 bridgehead atoms. The molecule has 4 atom stereocenters. The molecule has 0 radical (unpaired) electrons. The van der Waals surface area contributed by atoms with Crippen LogP contribution in [0.15, 0.2) is 39.7 Å². The summed E-state index contributed by atoms with van der Waals surface area (Å²) in [5.74, 6) is -7.16. The summed E-state index contributed by atoms with van der Waals surface area (Å²) in [4.78, 5) is 42.6. The summed E-state index contributed by atoms with van der Waals surface area (Å²) in [6.07, 6.45) is 1.55. The fraction of sp³-hybridized carbons (Fsp3) is 0.360. The number of phenolic OH excluding ortho intramolecular Hbond substituents is 1. The lowest BCUT2D eigenvalue weighted by molar-refractivity contribution is -0.149. The summed E-state index contributed by atoms with van der Waals surface area (Å²) >= 11 is 0. The number of primary amides is 1. The molecule has 1 aromatic carbocycles. The molecule has 0 spiro atoms. The number of nitrogens with zero attached hydrogens (tertiary/aromatic N) is 1. The van der Waals surface area contributed by atoms with Crippen LogP contribution in [0.25, 0.3) is 17.2 Å². The maximum atomic E-state index is 13.6. The Morgan fingerprint density at radius 1 is 1.22 bits per heavy atom. The number of ketones is 2. The number of fused-ring (bicyclic) bond motifs is 3. The zero-order valence-electron chi connectivity index (χ0n) is 19.5. The van der Waals surface area contributed by atoms with E-state index in [2.05, 4.69) is 4.98 Å². The van der Waals surface area contributed by atoms with Gasteiger partial charge in [-0.15, -0.1) is 0 Å². The molecule has 5 rings (SSSR count). The minimum atomic E-state index is -2.74. The molecular weight excluding hydrogens is 470 g/mol. The van der Waals surface area contributed by atoms with Gasteiger partial charge in [0.1, 0.15) is 29.1 Å². The number of aliphatic hydroxyl groups is 3. The molecule has 11 heteroatoms. The fourth-order valence-corrected chi connectivity index (χ4v) is 5.59. The number of phenols is 1. The van der Waals surface area contributed by atoms with E-state index < -0.39 is 58.0 Å². The number of carbonyl (C=O) groups excluding carboxylic acids is 3. The first kappa shape index (κ1) is 23.8. The van der Waals surface area contributed by atoms with Gasteiger partial charge in [-0.25, -0.2) is 4.98 Å². The van der Waals surface area contributed by atoms with Crippen LogP contribution in [0, 0.1) is 11.8 Å². The highest BCUT2D eigenvalue weighted by molar-refractivity contribution is 6.24. The quantitative estimate of drug-likeness (QED) is 0.334. The second-order valence-electron chi connectivity index (χ2n) is 9.80. The van der Waals surface area contributed by atoms with Gasteiger partial charge in [0, 0.05) is 17.1 Å². The molecule has 0 aliphatic heterocycles. The number of oxazole rings is 1. The summed E-state index contributed by atoms with van der Waals surface area (Å²) in [5.41, 5.74) is 8.95. The summed E-state index contributed by atoms with van der Waals surface area (Å²) in [6.45, 7) is 3.90. The second kappa shape index (κ2) is 7.77. The van der Waals surface area contributed by atoms with Gasteiger partial charge in [-0.1, -0.05) is 13.8 Å². The molecular formula is C25H25N3O8. The molecule has 3 aliphatic rings. The number of hydrogen-bond donors (Lipinski definition) is 6. The molecule has 36 heavy (non-hydrogen) atoms. The largest absolute Gasteiger partial charge is 0.508 e. The van der Waals surface area contributed by atoms with E-state index in [1.165, 1.54) is 12.3 Å². The maximum absolute atomic E-state index is 13.6. The summed E-state index contributed by atoms with van der Waals surface area (Å²) < 4.78 is 5.65. The van der Waals surface area contributed by atoms with E-state index in [9.17, 15) is 34.8 Å². The van der Waals surface area contributed by atoms with Gasteiger partial charge < -0.3 is 36.3 Å². The normalized spacial score (nSPS) is 27.8. The van der Waals surface area contributed by atoms with E-state index in [-0.39, 0.29) is 41.5 Å². The third kappa shape index (κ3) is 2.99. The second-order valence-corrected chi connectivity index (χ2v) is 9.80. The van der Waals surface area contributed by atoms with Gasteiger partial charge in [-0.2, -0.15) is 0 Å². The van der Waals surface area contributed by atoms with Crippen LogP contribution in [-0.4, -0.2) is 54.5 Å². The van der Waals surface area contributed by atoms with Crippen molar-refractivity contribution in [2.45, 2.75) is 44.2 Å². The number of amides is 1. The summed E-state index contributed by atoms with van der Waals surface area (Å²) in [5, 5.41) is 43.9. The lowest BCUT2D eigenvalue weighted by atomic mass is 9.57. The Labute approximate surface area is 204 Å². The zero-order chi connectivity index (χ0) is 26.3. The maximum Gasteiger partial charge on any atom is 0.255 e. The predicted octanol–water partition coefficient (Wildman–Crippen LogP) is 1.14. The molecule has 0 unspecified atom stereocenters. The molecule has 0 saturated heterocycles. The van der Waals surface area contributed by atoms with Crippen molar-refractivity contribution in [3.05, 3.63) is 52.1 Å². The van der Waals surface area contributed by atoms with Crippen molar-refractivity contribution in [1.29, 1.82) is 0 Å². The van der Waals surface area contributed by atoms with Gasteiger partial charge in [0.25, 0.3) is 5.91 Å². The highest BCUT2D eigenvalue weighted by Gasteiger charge is 2.63. The molecule has 8 N–H and O–H groups in total. The number of aromatic hydroxyl groups is 1. The number of aromatic nitrogens is 1. The number of aliphatic hydroxyl groups excluding tert-OH is 2. The Kier molecular flexibility index (Phi) is 5.13. The average Bonchev–Trinajstić information content (AvgIpc) is 3.30. The lowest BCUT2D eigenvalue weighted by Gasteiger charge is -2.48. The van der Waals surface area contributed by atoms with Crippen LogP contribution >= 0.6 is 0 Å². The number of carbonyl (C=O) groups is 3. The molecule has 2 aromatic rings. The van der Waals surface area contributed by atoms with E-state index in [1.54, 1.807) is 6.07 Å². The Morgan fingerprint density at radius 3 is 2.53 bits per heavy atom. The van der Waals surface area contributed by atoms with E-state index in [0.29, 0.717) is 16.8 Å². The van der Waals surface area contributed by atoms with Crippen molar-refractivity contribution in [3.8, 4) is 17.2 Å². The van der Waals surface area contributed by atoms with E-state index in [1.807, 2.05) is 13.8 Å². The van der Waals surface area contributed by atoms with E-state index in [4.69, 9.17) is 15.9 Å². The van der Waals surface area contributed by atoms with Crippen LogP contribution in [0.2, 0.25) is 0 Å². The van der Waals surface area contributed by atoms with Gasteiger partial charge >= 0.3 is 0 Å². The predicted molar refractivity (Wildman–Crippen MR) is 124 cm³/mol. The first-order valence-corrected chi connectivity index (χ1v) is 11.4. The lowest BCUT2D eigenvalue weighted by Crippen LogP contribution is -2.65. The number of Topliss-reactive ketones (excluding diaryl/α,β-unsaturated/α-hetero) is 2. The molecule has 11 nitrogen and oxygen atoms in total.